The van der Waals surface area contributed by atoms with E-state index in [9.17, 15) is 27.6 Å². The summed E-state index contributed by atoms with van der Waals surface area (Å²) in [6.45, 7) is 1.83. The third-order valence-corrected chi connectivity index (χ3v) is 5.83. The van der Waals surface area contributed by atoms with Crippen molar-refractivity contribution in [2.45, 2.75) is 32.4 Å². The summed E-state index contributed by atoms with van der Waals surface area (Å²) in [6, 6.07) is 13.3. The number of hydrogen-bond acceptors (Lipinski definition) is 6. The van der Waals surface area contributed by atoms with Gasteiger partial charge in [-0.3, -0.25) is 14.6 Å². The zero-order valence-electron chi connectivity index (χ0n) is 20.4. The van der Waals surface area contributed by atoms with Gasteiger partial charge in [0.2, 0.25) is 0 Å². The zero-order chi connectivity index (χ0) is 27.4. The molecule has 2 heterocycles. The molecule has 38 heavy (non-hydrogen) atoms. The smallest absolute Gasteiger partial charge is 0.497 e. The number of nitrogens with one attached hydrogen (secondary N) is 1. The van der Waals surface area contributed by atoms with Crippen molar-refractivity contribution in [1.82, 2.24) is 15.2 Å². The van der Waals surface area contributed by atoms with Gasteiger partial charge in [0.15, 0.2) is 0 Å². The van der Waals surface area contributed by atoms with E-state index in [2.05, 4.69) is 15.0 Å². The van der Waals surface area contributed by atoms with Crippen LogP contribution in [0, 0.1) is 0 Å². The largest absolute Gasteiger partial charge is 0.573 e. The fourth-order valence-corrected chi connectivity index (χ4v) is 3.86. The van der Waals surface area contributed by atoms with Gasteiger partial charge in [-0.15, -0.1) is 13.2 Å². The highest BCUT2D eigenvalue weighted by atomic mass is 19.4. The van der Waals surface area contributed by atoms with Crippen molar-refractivity contribution in [2.75, 3.05) is 12.0 Å². The van der Waals surface area contributed by atoms with Crippen LogP contribution < -0.4 is 19.7 Å². The first-order chi connectivity index (χ1) is 18.1. The molecule has 1 aliphatic heterocycles. The van der Waals surface area contributed by atoms with Gasteiger partial charge < -0.3 is 19.7 Å². The number of carbonyl (C=O) groups excluding carboxylic acids is 3. The number of carbonyl (C=O) groups is 3. The lowest BCUT2D eigenvalue weighted by atomic mass is 10.2. The van der Waals surface area contributed by atoms with Crippen LogP contribution in [0.4, 0.5) is 23.7 Å². The Bertz CT molecular complexity index is 1330. The highest BCUT2D eigenvalue weighted by molar-refractivity contribution is 6.21. The van der Waals surface area contributed by atoms with Gasteiger partial charge in [-0.2, -0.15) is 0 Å². The Balaban J connectivity index is 1.42. The van der Waals surface area contributed by atoms with Crippen LogP contribution in [0.2, 0.25) is 0 Å². The standard InChI is InChI=1S/C26H23F3N4O5/c1-16-24(35)33(19-5-9-21(10-6-19)38-26(27,28)29)25(36)32(16)15-18-11-12-30-22(13-18)23(34)31-14-17-3-7-20(37-2)8-4-17/h3-13,16H,14-15H2,1-2H3,(H,31,34). The fraction of sp³-hybridized carbons (Fsp3) is 0.231. The predicted octanol–water partition coefficient (Wildman–Crippen LogP) is 4.28. The molecule has 1 saturated heterocycles. The first kappa shape index (κ1) is 26.5. The van der Waals surface area contributed by atoms with Crippen LogP contribution in [0.5, 0.6) is 11.5 Å². The fourth-order valence-electron chi connectivity index (χ4n) is 3.86. The van der Waals surface area contributed by atoms with Gasteiger partial charge in [-0.25, -0.2) is 9.69 Å². The van der Waals surface area contributed by atoms with Crippen molar-refractivity contribution in [1.29, 1.82) is 0 Å². The maximum Gasteiger partial charge on any atom is 0.573 e. The summed E-state index contributed by atoms with van der Waals surface area (Å²) in [7, 11) is 1.56. The Morgan fingerprint density at radius 2 is 1.66 bits per heavy atom. The van der Waals surface area contributed by atoms with Gasteiger partial charge in [0, 0.05) is 19.3 Å². The summed E-state index contributed by atoms with van der Waals surface area (Å²) in [6.07, 6.45) is -3.43. The van der Waals surface area contributed by atoms with Crippen LogP contribution in [0.15, 0.2) is 66.9 Å². The van der Waals surface area contributed by atoms with Gasteiger partial charge in [0.25, 0.3) is 11.8 Å². The molecule has 12 heteroatoms. The number of methoxy groups -OCH3 is 1. The molecule has 2 aromatic carbocycles. The van der Waals surface area contributed by atoms with E-state index in [0.717, 1.165) is 22.6 Å². The minimum absolute atomic E-state index is 0.0127. The number of pyridine rings is 1. The predicted molar refractivity (Wildman–Crippen MR) is 129 cm³/mol. The highest BCUT2D eigenvalue weighted by Crippen LogP contribution is 2.30. The van der Waals surface area contributed by atoms with Crippen molar-refractivity contribution < 1.29 is 37.0 Å². The molecule has 4 rings (SSSR count). The Kier molecular flexibility index (Phi) is 7.51. The lowest BCUT2D eigenvalue weighted by molar-refractivity contribution is -0.274. The average molecular weight is 528 g/mol. The van der Waals surface area contributed by atoms with E-state index >= 15 is 0 Å². The number of alkyl halides is 3. The number of hydrogen-bond donors (Lipinski definition) is 1. The van der Waals surface area contributed by atoms with E-state index < -0.39 is 36.0 Å². The molecular weight excluding hydrogens is 505 g/mol. The number of aromatic nitrogens is 1. The summed E-state index contributed by atoms with van der Waals surface area (Å²) in [5.74, 6) is -0.724. The third kappa shape index (κ3) is 6.02. The summed E-state index contributed by atoms with van der Waals surface area (Å²) < 4.78 is 46.2. The molecule has 0 radical (unpaired) electrons. The minimum atomic E-state index is -4.86. The topological polar surface area (TPSA) is 101 Å². The SMILES string of the molecule is COc1ccc(CNC(=O)c2cc(CN3C(=O)N(c4ccc(OC(F)(F)F)cc4)C(=O)C3C)ccn2)cc1. The monoisotopic (exact) mass is 528 g/mol. The number of benzene rings is 2. The quantitative estimate of drug-likeness (QED) is 0.438. The van der Waals surface area contributed by atoms with E-state index in [1.54, 1.807) is 32.2 Å². The van der Waals surface area contributed by atoms with Crippen molar-refractivity contribution in [3.8, 4) is 11.5 Å². The third-order valence-electron chi connectivity index (χ3n) is 5.83. The Labute approximate surface area is 215 Å². The first-order valence-corrected chi connectivity index (χ1v) is 11.4. The summed E-state index contributed by atoms with van der Waals surface area (Å²) in [4.78, 5) is 44.9. The number of anilines is 1. The number of amides is 4. The second kappa shape index (κ2) is 10.8. The van der Waals surface area contributed by atoms with E-state index in [1.807, 2.05) is 12.1 Å². The molecule has 1 aromatic heterocycles. The molecule has 198 valence electrons. The van der Waals surface area contributed by atoms with Crippen LogP contribution in [0.3, 0.4) is 0 Å². The maximum atomic E-state index is 13.1. The lowest BCUT2D eigenvalue weighted by Crippen LogP contribution is -2.33. The molecule has 0 saturated carbocycles. The first-order valence-electron chi connectivity index (χ1n) is 11.4. The molecule has 9 nitrogen and oxygen atoms in total. The van der Waals surface area contributed by atoms with E-state index in [0.29, 0.717) is 11.3 Å². The molecule has 1 N–H and O–H groups in total. The molecule has 1 unspecified atom stereocenters. The molecule has 4 amide bonds. The van der Waals surface area contributed by atoms with Gasteiger partial charge in [-0.1, -0.05) is 12.1 Å². The number of halogens is 3. The average Bonchev–Trinajstić information content (AvgIpc) is 3.10. The van der Waals surface area contributed by atoms with Crippen LogP contribution in [-0.2, 0) is 17.9 Å². The molecule has 3 aromatic rings. The summed E-state index contributed by atoms with van der Waals surface area (Å²) in [5.41, 5.74) is 1.68. The molecule has 0 spiro atoms. The molecular formula is C26H23F3N4O5. The van der Waals surface area contributed by atoms with Crippen molar-refractivity contribution in [3.63, 3.8) is 0 Å². The normalized spacial score (nSPS) is 15.6. The summed E-state index contributed by atoms with van der Waals surface area (Å²) >= 11 is 0. The lowest BCUT2D eigenvalue weighted by Gasteiger charge is -2.19. The van der Waals surface area contributed by atoms with E-state index in [4.69, 9.17) is 4.74 Å². The molecule has 0 bridgehead atoms. The summed E-state index contributed by atoms with van der Waals surface area (Å²) in [5, 5.41) is 2.78. The number of rotatable bonds is 8. The van der Waals surface area contributed by atoms with Crippen molar-refractivity contribution in [2.24, 2.45) is 0 Å². The van der Waals surface area contributed by atoms with E-state index in [1.165, 1.54) is 29.3 Å². The molecule has 0 aliphatic carbocycles. The minimum Gasteiger partial charge on any atom is -0.497 e. The Morgan fingerprint density at radius 1 is 1.00 bits per heavy atom. The van der Waals surface area contributed by atoms with Crippen molar-refractivity contribution >= 4 is 23.5 Å². The Hall–Kier alpha value is -4.61. The molecule has 1 atom stereocenters. The number of ether oxygens (including phenoxy) is 2. The Morgan fingerprint density at radius 3 is 2.29 bits per heavy atom. The van der Waals surface area contributed by atoms with Gasteiger partial charge in [-0.05, 0) is 66.6 Å². The number of imide groups is 1. The van der Waals surface area contributed by atoms with Gasteiger partial charge in [0.05, 0.1) is 12.8 Å². The molecule has 1 aliphatic rings. The second-order valence-electron chi connectivity index (χ2n) is 8.38. The van der Waals surface area contributed by atoms with Crippen molar-refractivity contribution in [3.05, 3.63) is 83.7 Å². The van der Waals surface area contributed by atoms with Gasteiger partial charge >= 0.3 is 12.4 Å². The zero-order valence-corrected chi connectivity index (χ0v) is 20.4. The van der Waals surface area contributed by atoms with Crippen LogP contribution in [0.25, 0.3) is 0 Å². The highest BCUT2D eigenvalue weighted by Gasteiger charge is 2.43. The van der Waals surface area contributed by atoms with Gasteiger partial charge in [0.1, 0.15) is 23.2 Å². The number of urea groups is 1. The van der Waals surface area contributed by atoms with Crippen LogP contribution in [0.1, 0.15) is 28.5 Å². The van der Waals surface area contributed by atoms with Crippen LogP contribution in [-0.4, -0.2) is 47.2 Å². The maximum absolute atomic E-state index is 13.1. The molecule has 1 fully saturated rings. The van der Waals surface area contributed by atoms with E-state index in [-0.39, 0.29) is 24.5 Å². The number of nitrogens with zero attached hydrogens (tertiary/aromatic N) is 3. The second-order valence-corrected chi connectivity index (χ2v) is 8.38. The van der Waals surface area contributed by atoms with Crippen LogP contribution >= 0.6 is 0 Å².